The van der Waals surface area contributed by atoms with Crippen molar-refractivity contribution in [3.8, 4) is 6.07 Å². The van der Waals surface area contributed by atoms with Crippen LogP contribution in [0.1, 0.15) is 11.1 Å². The minimum absolute atomic E-state index is 0.128. The third-order valence-corrected chi connectivity index (χ3v) is 2.36. The second-order valence-electron chi connectivity index (χ2n) is 3.86. The summed E-state index contributed by atoms with van der Waals surface area (Å²) >= 11 is 0. The highest BCUT2D eigenvalue weighted by Gasteiger charge is 2.04. The van der Waals surface area contributed by atoms with Crippen LogP contribution in [0.25, 0.3) is 0 Å². The van der Waals surface area contributed by atoms with Gasteiger partial charge in [-0.25, -0.2) is 0 Å². The fourth-order valence-electron chi connectivity index (χ4n) is 1.44. The third-order valence-electron chi connectivity index (χ3n) is 2.36. The van der Waals surface area contributed by atoms with Gasteiger partial charge in [-0.05, 0) is 24.6 Å². The van der Waals surface area contributed by atoms with E-state index in [1.807, 2.05) is 13.0 Å². The van der Waals surface area contributed by atoms with Crippen LogP contribution in [0.5, 0.6) is 0 Å². The van der Waals surface area contributed by atoms with Crippen LogP contribution in [0.2, 0.25) is 0 Å². The molecule has 0 heterocycles. The Morgan fingerprint density at radius 3 is 2.94 bits per heavy atom. The van der Waals surface area contributed by atoms with E-state index in [0.717, 1.165) is 5.56 Å². The van der Waals surface area contributed by atoms with E-state index >= 15 is 0 Å². The van der Waals surface area contributed by atoms with E-state index in [1.54, 1.807) is 19.2 Å². The molecular weight excluding hydrogens is 230 g/mol. The van der Waals surface area contributed by atoms with E-state index in [2.05, 4.69) is 16.7 Å². The Morgan fingerprint density at radius 1 is 1.50 bits per heavy atom. The number of aryl methyl sites for hydroxylation is 1. The summed E-state index contributed by atoms with van der Waals surface area (Å²) in [6.45, 7) is 3.03. The number of carbonyl (C=O) groups is 1. The Hall–Kier alpha value is -2.06. The molecule has 18 heavy (non-hydrogen) atoms. The second-order valence-corrected chi connectivity index (χ2v) is 3.86. The van der Waals surface area contributed by atoms with Gasteiger partial charge in [-0.15, -0.1) is 0 Å². The molecule has 0 spiro atoms. The molecule has 1 aromatic rings. The van der Waals surface area contributed by atoms with Crippen molar-refractivity contribution in [1.29, 1.82) is 5.26 Å². The summed E-state index contributed by atoms with van der Waals surface area (Å²) in [4.78, 5) is 11.4. The van der Waals surface area contributed by atoms with E-state index in [1.165, 1.54) is 0 Å². The predicted octanol–water partition coefficient (Wildman–Crippen LogP) is 1.04. The summed E-state index contributed by atoms with van der Waals surface area (Å²) in [6, 6.07) is 7.58. The number of nitriles is 1. The first-order valence-corrected chi connectivity index (χ1v) is 5.67. The molecule has 0 aliphatic rings. The predicted molar refractivity (Wildman–Crippen MR) is 69.3 cm³/mol. The molecule has 5 nitrogen and oxygen atoms in total. The molecule has 0 aliphatic heterocycles. The number of rotatable bonds is 6. The first-order valence-electron chi connectivity index (χ1n) is 5.67. The van der Waals surface area contributed by atoms with Crippen LogP contribution >= 0.6 is 0 Å². The zero-order valence-corrected chi connectivity index (χ0v) is 10.6. The SMILES string of the molecule is COCCNC(=O)CNc1ccc(C)cc1C#N. The zero-order chi connectivity index (χ0) is 13.4. The quantitative estimate of drug-likeness (QED) is 0.737. The maximum absolute atomic E-state index is 11.4. The maximum Gasteiger partial charge on any atom is 0.239 e. The smallest absolute Gasteiger partial charge is 0.239 e. The number of benzene rings is 1. The molecule has 1 aromatic carbocycles. The first kappa shape index (κ1) is 14.0. The highest BCUT2D eigenvalue weighted by atomic mass is 16.5. The van der Waals surface area contributed by atoms with Crippen molar-refractivity contribution in [2.75, 3.05) is 32.1 Å². The van der Waals surface area contributed by atoms with Gasteiger partial charge in [-0.3, -0.25) is 4.79 Å². The molecule has 2 N–H and O–H groups in total. The van der Waals surface area contributed by atoms with Gasteiger partial charge in [0.2, 0.25) is 5.91 Å². The molecule has 0 fully saturated rings. The van der Waals surface area contributed by atoms with E-state index in [4.69, 9.17) is 10.00 Å². The summed E-state index contributed by atoms with van der Waals surface area (Å²) in [5, 5.41) is 14.6. The normalized spacial score (nSPS) is 9.61. The van der Waals surface area contributed by atoms with Crippen LogP contribution < -0.4 is 10.6 Å². The number of carbonyl (C=O) groups excluding carboxylic acids is 1. The fourth-order valence-corrected chi connectivity index (χ4v) is 1.44. The molecule has 0 saturated carbocycles. The van der Waals surface area contributed by atoms with Crippen molar-refractivity contribution < 1.29 is 9.53 Å². The molecule has 1 amide bonds. The summed E-state index contributed by atoms with van der Waals surface area (Å²) in [7, 11) is 1.58. The van der Waals surface area contributed by atoms with Gasteiger partial charge in [-0.2, -0.15) is 5.26 Å². The summed E-state index contributed by atoms with van der Waals surface area (Å²) in [5.74, 6) is -0.128. The van der Waals surface area contributed by atoms with Crippen molar-refractivity contribution in [2.45, 2.75) is 6.92 Å². The minimum atomic E-state index is -0.128. The van der Waals surface area contributed by atoms with Crippen LogP contribution in [0, 0.1) is 18.3 Å². The van der Waals surface area contributed by atoms with Crippen molar-refractivity contribution >= 4 is 11.6 Å². The molecule has 1 rings (SSSR count). The lowest BCUT2D eigenvalue weighted by molar-refractivity contribution is -0.119. The van der Waals surface area contributed by atoms with Gasteiger partial charge >= 0.3 is 0 Å². The summed E-state index contributed by atoms with van der Waals surface area (Å²) in [5.41, 5.74) is 2.23. The van der Waals surface area contributed by atoms with Gasteiger partial charge in [0, 0.05) is 13.7 Å². The number of nitrogens with zero attached hydrogens (tertiary/aromatic N) is 1. The van der Waals surface area contributed by atoms with Crippen LogP contribution in [-0.4, -0.2) is 32.7 Å². The molecule has 5 heteroatoms. The van der Waals surface area contributed by atoms with Crippen LogP contribution in [-0.2, 0) is 9.53 Å². The molecule has 0 radical (unpaired) electrons. The number of methoxy groups -OCH3 is 1. The molecular formula is C13H17N3O2. The maximum atomic E-state index is 11.4. The summed E-state index contributed by atoms with van der Waals surface area (Å²) < 4.78 is 4.83. The number of nitrogens with one attached hydrogen (secondary N) is 2. The van der Waals surface area contributed by atoms with E-state index < -0.39 is 0 Å². The molecule has 0 saturated heterocycles. The van der Waals surface area contributed by atoms with Crippen LogP contribution in [0.4, 0.5) is 5.69 Å². The van der Waals surface area contributed by atoms with E-state index in [0.29, 0.717) is 24.4 Å². The molecule has 0 aromatic heterocycles. The lowest BCUT2D eigenvalue weighted by Crippen LogP contribution is -2.32. The fraction of sp³-hybridized carbons (Fsp3) is 0.385. The molecule has 0 bridgehead atoms. The monoisotopic (exact) mass is 247 g/mol. The zero-order valence-electron chi connectivity index (χ0n) is 10.6. The van der Waals surface area contributed by atoms with Gasteiger partial charge in [0.25, 0.3) is 0 Å². The van der Waals surface area contributed by atoms with Crippen LogP contribution in [0.3, 0.4) is 0 Å². The Bertz CT molecular complexity index is 452. The number of amides is 1. The third kappa shape index (κ3) is 4.44. The number of hydrogen-bond acceptors (Lipinski definition) is 4. The first-order chi connectivity index (χ1) is 8.67. The van der Waals surface area contributed by atoms with Gasteiger partial charge in [0.05, 0.1) is 24.4 Å². The number of anilines is 1. The topological polar surface area (TPSA) is 74.2 Å². The average molecular weight is 247 g/mol. The lowest BCUT2D eigenvalue weighted by Gasteiger charge is -2.09. The number of ether oxygens (including phenoxy) is 1. The molecule has 0 atom stereocenters. The van der Waals surface area contributed by atoms with Crippen molar-refractivity contribution in [3.63, 3.8) is 0 Å². The van der Waals surface area contributed by atoms with Gasteiger partial charge in [-0.1, -0.05) is 6.07 Å². The molecule has 96 valence electrons. The van der Waals surface area contributed by atoms with Crippen molar-refractivity contribution in [1.82, 2.24) is 5.32 Å². The molecule has 0 unspecified atom stereocenters. The standard InChI is InChI=1S/C13H17N3O2/c1-10-3-4-12(11(7-10)8-14)16-9-13(17)15-5-6-18-2/h3-4,7,16H,5-6,9H2,1-2H3,(H,15,17). The van der Waals surface area contributed by atoms with Crippen molar-refractivity contribution in [3.05, 3.63) is 29.3 Å². The largest absolute Gasteiger partial charge is 0.383 e. The second kappa shape index (κ2) is 7.30. The number of hydrogen-bond donors (Lipinski definition) is 2. The average Bonchev–Trinajstić information content (AvgIpc) is 2.37. The van der Waals surface area contributed by atoms with Crippen molar-refractivity contribution in [2.24, 2.45) is 0 Å². The Balaban J connectivity index is 2.48. The Kier molecular flexibility index (Phi) is 5.68. The highest BCUT2D eigenvalue weighted by Crippen LogP contribution is 2.15. The lowest BCUT2D eigenvalue weighted by atomic mass is 10.1. The van der Waals surface area contributed by atoms with Crippen LogP contribution in [0.15, 0.2) is 18.2 Å². The minimum Gasteiger partial charge on any atom is -0.383 e. The molecule has 0 aliphatic carbocycles. The van der Waals surface area contributed by atoms with E-state index in [-0.39, 0.29) is 12.5 Å². The van der Waals surface area contributed by atoms with Gasteiger partial charge in [0.15, 0.2) is 0 Å². The van der Waals surface area contributed by atoms with Gasteiger partial charge in [0.1, 0.15) is 6.07 Å². The summed E-state index contributed by atoms with van der Waals surface area (Å²) in [6.07, 6.45) is 0. The Labute approximate surface area is 107 Å². The van der Waals surface area contributed by atoms with E-state index in [9.17, 15) is 4.79 Å². The Morgan fingerprint density at radius 2 is 2.28 bits per heavy atom. The highest BCUT2D eigenvalue weighted by molar-refractivity contribution is 5.81. The van der Waals surface area contributed by atoms with Gasteiger partial charge < -0.3 is 15.4 Å².